The predicted molar refractivity (Wildman–Crippen MR) is 80.3 cm³/mol. The van der Waals surface area contributed by atoms with Gasteiger partial charge in [-0.05, 0) is 31.7 Å². The molecule has 0 aliphatic carbocycles. The SMILES string of the molecule is CCC[C@H]1[C@@H](C)CCCN1Cc1nc(CS(C)(=O)=O)no1. The first-order valence-corrected chi connectivity index (χ1v) is 9.68. The standard InChI is InChI=1S/C14H25N3O3S/c1-4-6-12-11(2)7-5-8-17(12)9-14-15-13(16-20-14)10-21(3,18)19/h11-12H,4-10H2,1-3H3/t11-,12-/m0/s1. The van der Waals surface area contributed by atoms with E-state index in [9.17, 15) is 8.42 Å². The van der Waals surface area contributed by atoms with Crippen molar-refractivity contribution in [1.29, 1.82) is 0 Å². The highest BCUT2D eigenvalue weighted by Crippen LogP contribution is 2.27. The number of likely N-dealkylation sites (tertiary alicyclic amines) is 1. The van der Waals surface area contributed by atoms with Gasteiger partial charge in [0.2, 0.25) is 5.89 Å². The van der Waals surface area contributed by atoms with Crippen LogP contribution in [-0.2, 0) is 22.1 Å². The van der Waals surface area contributed by atoms with Crippen molar-refractivity contribution >= 4 is 9.84 Å². The van der Waals surface area contributed by atoms with Crippen LogP contribution in [0.5, 0.6) is 0 Å². The molecule has 1 saturated heterocycles. The fraction of sp³-hybridized carbons (Fsp3) is 0.857. The van der Waals surface area contributed by atoms with Gasteiger partial charge in [0.1, 0.15) is 5.75 Å². The van der Waals surface area contributed by atoms with Crippen molar-refractivity contribution in [3.8, 4) is 0 Å². The minimum atomic E-state index is -3.12. The second-order valence-corrected chi connectivity index (χ2v) is 8.26. The topological polar surface area (TPSA) is 76.3 Å². The van der Waals surface area contributed by atoms with Crippen LogP contribution < -0.4 is 0 Å². The van der Waals surface area contributed by atoms with Gasteiger partial charge in [-0.25, -0.2) is 8.42 Å². The van der Waals surface area contributed by atoms with E-state index in [1.807, 2.05) is 0 Å². The lowest BCUT2D eigenvalue weighted by Crippen LogP contribution is -2.43. The number of rotatable bonds is 6. The molecule has 1 fully saturated rings. The van der Waals surface area contributed by atoms with E-state index in [-0.39, 0.29) is 11.6 Å². The van der Waals surface area contributed by atoms with Crippen LogP contribution in [0.1, 0.15) is 51.2 Å². The van der Waals surface area contributed by atoms with Gasteiger partial charge in [0.05, 0.1) is 6.54 Å². The Kier molecular flexibility index (Phi) is 5.37. The predicted octanol–water partition coefficient (Wildman–Crippen LogP) is 2.01. The Labute approximate surface area is 126 Å². The minimum absolute atomic E-state index is 0.161. The molecule has 0 bridgehead atoms. The van der Waals surface area contributed by atoms with E-state index < -0.39 is 9.84 Å². The molecule has 1 aliphatic rings. The summed E-state index contributed by atoms with van der Waals surface area (Å²) in [7, 11) is -3.12. The van der Waals surface area contributed by atoms with E-state index in [1.165, 1.54) is 25.5 Å². The summed E-state index contributed by atoms with van der Waals surface area (Å²) in [6, 6.07) is 0.550. The van der Waals surface area contributed by atoms with Gasteiger partial charge in [-0.15, -0.1) is 0 Å². The maximum absolute atomic E-state index is 11.2. The molecule has 21 heavy (non-hydrogen) atoms. The Bertz CT molecular complexity index is 556. The van der Waals surface area contributed by atoms with Crippen LogP contribution in [0, 0.1) is 5.92 Å². The fourth-order valence-electron chi connectivity index (χ4n) is 3.11. The Morgan fingerprint density at radius 3 is 2.86 bits per heavy atom. The Hall–Kier alpha value is -0.950. The molecule has 0 unspecified atom stereocenters. The third kappa shape index (κ3) is 4.78. The van der Waals surface area contributed by atoms with Crippen LogP contribution in [0.25, 0.3) is 0 Å². The summed E-state index contributed by atoms with van der Waals surface area (Å²) >= 11 is 0. The van der Waals surface area contributed by atoms with Crippen molar-refractivity contribution in [2.75, 3.05) is 12.8 Å². The van der Waals surface area contributed by atoms with Gasteiger partial charge >= 0.3 is 0 Å². The zero-order valence-electron chi connectivity index (χ0n) is 13.1. The molecule has 0 radical (unpaired) electrons. The number of nitrogens with zero attached hydrogens (tertiary/aromatic N) is 3. The molecular formula is C14H25N3O3S. The molecule has 2 rings (SSSR count). The summed E-state index contributed by atoms with van der Waals surface area (Å²) in [5.41, 5.74) is 0. The van der Waals surface area contributed by atoms with Gasteiger partial charge in [-0.1, -0.05) is 25.4 Å². The van der Waals surface area contributed by atoms with E-state index in [1.54, 1.807) is 0 Å². The van der Waals surface area contributed by atoms with E-state index in [4.69, 9.17) is 4.52 Å². The highest BCUT2D eigenvalue weighted by atomic mass is 32.2. The van der Waals surface area contributed by atoms with Crippen molar-refractivity contribution in [3.63, 3.8) is 0 Å². The summed E-state index contributed by atoms with van der Waals surface area (Å²) in [5.74, 6) is 1.29. The quantitative estimate of drug-likeness (QED) is 0.799. The van der Waals surface area contributed by atoms with Crippen molar-refractivity contribution in [1.82, 2.24) is 15.0 Å². The summed E-state index contributed by atoms with van der Waals surface area (Å²) in [6.07, 6.45) is 5.96. The molecule has 1 aromatic heterocycles. The van der Waals surface area contributed by atoms with E-state index in [0.717, 1.165) is 13.0 Å². The molecule has 0 N–H and O–H groups in total. The highest BCUT2D eigenvalue weighted by molar-refractivity contribution is 7.89. The van der Waals surface area contributed by atoms with Gasteiger partial charge in [-0.2, -0.15) is 4.98 Å². The maximum Gasteiger partial charge on any atom is 0.240 e. The lowest BCUT2D eigenvalue weighted by molar-refractivity contribution is 0.0756. The molecule has 0 saturated carbocycles. The Morgan fingerprint density at radius 2 is 2.19 bits per heavy atom. The second kappa shape index (κ2) is 6.87. The van der Waals surface area contributed by atoms with Crippen LogP contribution in [-0.4, -0.2) is 42.3 Å². The van der Waals surface area contributed by atoms with Crippen LogP contribution in [0.4, 0.5) is 0 Å². The molecule has 6 nitrogen and oxygen atoms in total. The summed E-state index contributed by atoms with van der Waals surface area (Å²) < 4.78 is 27.7. The molecule has 1 aliphatic heterocycles. The van der Waals surface area contributed by atoms with Crippen LogP contribution in [0.2, 0.25) is 0 Å². The average Bonchev–Trinajstić information content (AvgIpc) is 2.78. The van der Waals surface area contributed by atoms with Gasteiger partial charge in [0, 0.05) is 12.3 Å². The molecule has 2 atom stereocenters. The third-order valence-corrected chi connectivity index (χ3v) is 4.84. The van der Waals surface area contributed by atoms with Crippen molar-refractivity contribution in [3.05, 3.63) is 11.7 Å². The molecular weight excluding hydrogens is 290 g/mol. The van der Waals surface area contributed by atoms with Crippen LogP contribution in [0.15, 0.2) is 4.52 Å². The second-order valence-electron chi connectivity index (χ2n) is 6.12. The molecule has 2 heterocycles. The molecule has 0 spiro atoms. The summed E-state index contributed by atoms with van der Waals surface area (Å²) in [5, 5.41) is 3.77. The Balaban J connectivity index is 2.02. The van der Waals surface area contributed by atoms with Gasteiger partial charge < -0.3 is 4.52 Å². The third-order valence-electron chi connectivity index (χ3n) is 4.05. The van der Waals surface area contributed by atoms with E-state index in [0.29, 0.717) is 24.4 Å². The number of hydrogen-bond donors (Lipinski definition) is 0. The van der Waals surface area contributed by atoms with E-state index >= 15 is 0 Å². The van der Waals surface area contributed by atoms with Crippen molar-refractivity contribution in [2.45, 2.75) is 57.9 Å². The molecule has 1 aromatic rings. The van der Waals surface area contributed by atoms with Crippen LogP contribution in [0.3, 0.4) is 0 Å². The number of aromatic nitrogens is 2. The first kappa shape index (κ1) is 16.4. The lowest BCUT2D eigenvalue weighted by atomic mass is 9.88. The van der Waals surface area contributed by atoms with Gasteiger partial charge in [0.25, 0.3) is 0 Å². The minimum Gasteiger partial charge on any atom is -0.338 e. The zero-order valence-corrected chi connectivity index (χ0v) is 13.9. The molecule has 7 heteroatoms. The lowest BCUT2D eigenvalue weighted by Gasteiger charge is -2.39. The highest BCUT2D eigenvalue weighted by Gasteiger charge is 2.29. The summed E-state index contributed by atoms with van der Waals surface area (Å²) in [4.78, 5) is 6.61. The average molecular weight is 315 g/mol. The molecule has 0 aromatic carbocycles. The number of sulfone groups is 1. The monoisotopic (exact) mass is 315 g/mol. The van der Waals surface area contributed by atoms with E-state index in [2.05, 4.69) is 28.9 Å². The maximum atomic E-state index is 11.2. The van der Waals surface area contributed by atoms with Crippen LogP contribution >= 0.6 is 0 Å². The van der Waals surface area contributed by atoms with Crippen molar-refractivity contribution in [2.24, 2.45) is 5.92 Å². The Morgan fingerprint density at radius 1 is 1.43 bits per heavy atom. The number of piperidine rings is 1. The van der Waals surface area contributed by atoms with Crippen molar-refractivity contribution < 1.29 is 12.9 Å². The number of hydrogen-bond acceptors (Lipinski definition) is 6. The smallest absolute Gasteiger partial charge is 0.240 e. The largest absolute Gasteiger partial charge is 0.338 e. The molecule has 0 amide bonds. The first-order valence-electron chi connectivity index (χ1n) is 7.62. The summed E-state index contributed by atoms with van der Waals surface area (Å²) in [6.45, 7) is 6.16. The normalized spacial score (nSPS) is 24.3. The molecule has 120 valence electrons. The zero-order chi connectivity index (χ0) is 15.5. The fourth-order valence-corrected chi connectivity index (χ4v) is 3.70. The first-order chi connectivity index (χ1) is 9.89. The van der Waals surface area contributed by atoms with Gasteiger partial charge in [0.15, 0.2) is 15.7 Å². The van der Waals surface area contributed by atoms with Gasteiger partial charge in [-0.3, -0.25) is 4.90 Å².